The molecule has 0 aliphatic heterocycles. The third-order valence-corrected chi connectivity index (χ3v) is 2.51. The van der Waals surface area contributed by atoms with Crippen LogP contribution in [0, 0.1) is 0 Å². The number of hydrogen-bond acceptors (Lipinski definition) is 4. The van der Waals surface area contributed by atoms with Crippen molar-refractivity contribution < 1.29 is 9.59 Å². The van der Waals surface area contributed by atoms with E-state index in [2.05, 4.69) is 4.98 Å². The molecule has 1 amide bonds. The Bertz CT molecular complexity index is 589. The Morgan fingerprint density at radius 2 is 1.89 bits per heavy atom. The first kappa shape index (κ1) is 11.8. The molecule has 0 spiro atoms. The second-order valence-corrected chi connectivity index (χ2v) is 3.79. The fourth-order valence-electron chi connectivity index (χ4n) is 1.59. The second kappa shape index (κ2) is 4.70. The highest BCUT2D eigenvalue weighted by Gasteiger charge is 2.20. The summed E-state index contributed by atoms with van der Waals surface area (Å²) in [4.78, 5) is 26.0. The van der Waals surface area contributed by atoms with Crippen molar-refractivity contribution in [1.82, 2.24) is 9.55 Å². The molecule has 1 aromatic heterocycles. The van der Waals surface area contributed by atoms with E-state index in [1.54, 1.807) is 4.57 Å². The van der Waals surface area contributed by atoms with Crippen LogP contribution < -0.4 is 11.5 Å². The Morgan fingerprint density at radius 3 is 2.50 bits per heavy atom. The number of amides is 1. The van der Waals surface area contributed by atoms with E-state index in [1.165, 1.54) is 6.33 Å². The Hall–Kier alpha value is -2.63. The summed E-state index contributed by atoms with van der Waals surface area (Å²) < 4.78 is 1.59. The van der Waals surface area contributed by atoms with E-state index in [-0.39, 0.29) is 11.5 Å². The SMILES string of the molecule is NC(=O)C(=O)c1ncn(Cc2ccccc2)c1N. The van der Waals surface area contributed by atoms with E-state index >= 15 is 0 Å². The quantitative estimate of drug-likeness (QED) is 0.591. The fourth-order valence-corrected chi connectivity index (χ4v) is 1.59. The molecular formula is C12H12N4O2. The number of aromatic nitrogens is 2. The lowest BCUT2D eigenvalue weighted by Gasteiger charge is -2.05. The lowest BCUT2D eigenvalue weighted by Crippen LogP contribution is -2.24. The predicted molar refractivity (Wildman–Crippen MR) is 65.7 cm³/mol. The average molecular weight is 244 g/mol. The first-order valence-electron chi connectivity index (χ1n) is 5.28. The van der Waals surface area contributed by atoms with E-state index in [0.29, 0.717) is 6.54 Å². The molecule has 0 saturated carbocycles. The normalized spacial score (nSPS) is 10.2. The number of hydrogen-bond donors (Lipinski definition) is 2. The van der Waals surface area contributed by atoms with Crippen LogP contribution in [-0.4, -0.2) is 21.2 Å². The van der Waals surface area contributed by atoms with Crippen molar-refractivity contribution in [3.05, 3.63) is 47.9 Å². The molecule has 0 bridgehead atoms. The maximum atomic E-state index is 11.4. The lowest BCUT2D eigenvalue weighted by molar-refractivity contribution is -0.114. The van der Waals surface area contributed by atoms with Crippen molar-refractivity contribution in [3.8, 4) is 0 Å². The number of nitrogens with zero attached hydrogens (tertiary/aromatic N) is 2. The lowest BCUT2D eigenvalue weighted by atomic mass is 10.2. The monoisotopic (exact) mass is 244 g/mol. The predicted octanol–water partition coefficient (Wildman–Crippen LogP) is 0.182. The first-order chi connectivity index (χ1) is 8.59. The molecule has 0 saturated heterocycles. The number of ketones is 1. The van der Waals surface area contributed by atoms with E-state index in [4.69, 9.17) is 11.5 Å². The molecule has 2 rings (SSSR count). The maximum absolute atomic E-state index is 11.4. The number of carbonyl (C=O) groups excluding carboxylic acids is 2. The summed E-state index contributed by atoms with van der Waals surface area (Å²) in [7, 11) is 0. The van der Waals surface area contributed by atoms with Gasteiger partial charge in [0, 0.05) is 0 Å². The number of anilines is 1. The van der Waals surface area contributed by atoms with Crippen LogP contribution in [0.4, 0.5) is 5.82 Å². The Balaban J connectivity index is 2.27. The number of rotatable bonds is 4. The van der Waals surface area contributed by atoms with Crippen LogP contribution in [-0.2, 0) is 11.3 Å². The minimum atomic E-state index is -1.06. The molecule has 92 valence electrons. The maximum Gasteiger partial charge on any atom is 0.291 e. The van der Waals surface area contributed by atoms with E-state index in [1.807, 2.05) is 30.3 Å². The third-order valence-electron chi connectivity index (χ3n) is 2.51. The van der Waals surface area contributed by atoms with Crippen molar-refractivity contribution in [3.63, 3.8) is 0 Å². The molecule has 4 N–H and O–H groups in total. The number of imidazole rings is 1. The minimum absolute atomic E-state index is 0.0987. The van der Waals surface area contributed by atoms with Gasteiger partial charge in [-0.05, 0) is 5.56 Å². The molecule has 1 aromatic carbocycles. The number of Topliss-reactive ketones (excluding diaryl/α,β-unsaturated/α-hetero) is 1. The van der Waals surface area contributed by atoms with Gasteiger partial charge in [-0.25, -0.2) is 4.98 Å². The van der Waals surface area contributed by atoms with Gasteiger partial charge in [0.15, 0.2) is 5.69 Å². The molecule has 6 nitrogen and oxygen atoms in total. The molecule has 0 atom stereocenters. The number of nitrogen functional groups attached to an aromatic ring is 1. The molecule has 2 aromatic rings. The van der Waals surface area contributed by atoms with Gasteiger partial charge in [0.1, 0.15) is 5.82 Å². The van der Waals surface area contributed by atoms with Gasteiger partial charge in [-0.3, -0.25) is 9.59 Å². The third kappa shape index (κ3) is 2.22. The summed E-state index contributed by atoms with van der Waals surface area (Å²) in [6, 6.07) is 9.56. The average Bonchev–Trinajstić information content (AvgIpc) is 2.71. The van der Waals surface area contributed by atoms with Gasteiger partial charge in [0.05, 0.1) is 12.9 Å². The van der Waals surface area contributed by atoms with Gasteiger partial charge in [-0.15, -0.1) is 0 Å². The van der Waals surface area contributed by atoms with Crippen molar-refractivity contribution in [2.45, 2.75) is 6.54 Å². The molecule has 0 radical (unpaired) electrons. The summed E-state index contributed by atoms with van der Waals surface area (Å²) in [5.41, 5.74) is 11.6. The largest absolute Gasteiger partial charge is 0.383 e. The van der Waals surface area contributed by atoms with Crippen LogP contribution in [0.5, 0.6) is 0 Å². The molecule has 18 heavy (non-hydrogen) atoms. The number of nitrogens with two attached hydrogens (primary N) is 2. The molecule has 0 unspecified atom stereocenters. The summed E-state index contributed by atoms with van der Waals surface area (Å²) >= 11 is 0. The zero-order valence-electron chi connectivity index (χ0n) is 9.54. The van der Waals surface area contributed by atoms with E-state index in [0.717, 1.165) is 5.56 Å². The van der Waals surface area contributed by atoms with Crippen LogP contribution in [0.15, 0.2) is 36.7 Å². The van der Waals surface area contributed by atoms with E-state index in [9.17, 15) is 9.59 Å². The molecule has 0 aliphatic rings. The first-order valence-corrected chi connectivity index (χ1v) is 5.28. The van der Waals surface area contributed by atoms with Gasteiger partial charge in [0.25, 0.3) is 11.7 Å². The van der Waals surface area contributed by atoms with Crippen LogP contribution in [0.2, 0.25) is 0 Å². The van der Waals surface area contributed by atoms with Gasteiger partial charge >= 0.3 is 0 Å². The van der Waals surface area contributed by atoms with Crippen molar-refractivity contribution >= 4 is 17.5 Å². The number of carbonyl (C=O) groups is 2. The molecule has 0 fully saturated rings. The van der Waals surface area contributed by atoms with E-state index < -0.39 is 11.7 Å². The highest BCUT2D eigenvalue weighted by atomic mass is 16.2. The minimum Gasteiger partial charge on any atom is -0.383 e. The van der Waals surface area contributed by atoms with Crippen LogP contribution >= 0.6 is 0 Å². The Kier molecular flexibility index (Phi) is 3.09. The van der Waals surface area contributed by atoms with Crippen molar-refractivity contribution in [1.29, 1.82) is 0 Å². The molecular weight excluding hydrogens is 232 g/mol. The standard InChI is InChI=1S/C12H12N4O2/c13-11-9(10(17)12(14)18)15-7-16(11)6-8-4-2-1-3-5-8/h1-5,7H,6,13H2,(H2,14,18). The van der Waals surface area contributed by atoms with Gasteiger partial charge in [-0.2, -0.15) is 0 Å². The summed E-state index contributed by atoms with van der Waals surface area (Å²) in [6.45, 7) is 0.478. The van der Waals surface area contributed by atoms with Crippen LogP contribution in [0.1, 0.15) is 16.1 Å². The smallest absolute Gasteiger partial charge is 0.291 e. The van der Waals surface area contributed by atoms with Crippen molar-refractivity contribution in [2.24, 2.45) is 5.73 Å². The highest BCUT2D eigenvalue weighted by molar-refractivity contribution is 6.42. The molecule has 1 heterocycles. The fraction of sp³-hybridized carbons (Fsp3) is 0.0833. The second-order valence-electron chi connectivity index (χ2n) is 3.79. The molecule has 6 heteroatoms. The van der Waals surface area contributed by atoms with Crippen LogP contribution in [0.3, 0.4) is 0 Å². The van der Waals surface area contributed by atoms with Crippen LogP contribution in [0.25, 0.3) is 0 Å². The highest BCUT2D eigenvalue weighted by Crippen LogP contribution is 2.13. The summed E-state index contributed by atoms with van der Waals surface area (Å²) in [5.74, 6) is -1.80. The van der Waals surface area contributed by atoms with Gasteiger partial charge < -0.3 is 16.0 Å². The van der Waals surface area contributed by atoms with Gasteiger partial charge in [0.2, 0.25) is 0 Å². The van der Waals surface area contributed by atoms with Gasteiger partial charge in [-0.1, -0.05) is 30.3 Å². The summed E-state index contributed by atoms with van der Waals surface area (Å²) in [6.07, 6.45) is 1.42. The summed E-state index contributed by atoms with van der Waals surface area (Å²) in [5, 5.41) is 0. The topological polar surface area (TPSA) is 104 Å². The van der Waals surface area contributed by atoms with Crippen molar-refractivity contribution in [2.75, 3.05) is 5.73 Å². The number of benzene rings is 1. The zero-order chi connectivity index (χ0) is 13.1. The zero-order valence-corrected chi connectivity index (χ0v) is 9.54. The number of primary amides is 1. The Morgan fingerprint density at radius 1 is 1.22 bits per heavy atom. The Labute approximate surface area is 103 Å². The molecule has 0 aliphatic carbocycles.